The summed E-state index contributed by atoms with van der Waals surface area (Å²) in [6.45, 7) is 0. The van der Waals surface area contributed by atoms with Crippen molar-refractivity contribution in [3.05, 3.63) is 53.8 Å². The topological polar surface area (TPSA) is 89.3 Å². The summed E-state index contributed by atoms with van der Waals surface area (Å²) in [6, 6.07) is 9.94. The van der Waals surface area contributed by atoms with Crippen molar-refractivity contribution in [3.8, 4) is 11.1 Å². The fourth-order valence-electron chi connectivity index (χ4n) is 2.03. The molecule has 0 aliphatic heterocycles. The molecule has 0 fully saturated rings. The van der Waals surface area contributed by atoms with Gasteiger partial charge in [0.1, 0.15) is 5.82 Å². The maximum absolute atomic E-state index is 13.8. The van der Waals surface area contributed by atoms with E-state index in [1.165, 1.54) is 37.4 Å². The van der Waals surface area contributed by atoms with Crippen LogP contribution in [0.3, 0.4) is 0 Å². The van der Waals surface area contributed by atoms with Gasteiger partial charge in [0, 0.05) is 5.56 Å². The number of nitrogens with two attached hydrogens (primary N) is 1. The summed E-state index contributed by atoms with van der Waals surface area (Å²) in [7, 11) is -2.49. The van der Waals surface area contributed by atoms with E-state index in [0.717, 1.165) is 6.07 Å². The normalized spacial score (nSPS) is 11.3. The van der Waals surface area contributed by atoms with Gasteiger partial charge in [-0.05, 0) is 24.7 Å². The summed E-state index contributed by atoms with van der Waals surface area (Å²) in [5.41, 5.74) is 5.21. The summed E-state index contributed by atoms with van der Waals surface area (Å²) in [6.07, 6.45) is 0. The van der Waals surface area contributed by atoms with Crippen molar-refractivity contribution in [3.63, 3.8) is 0 Å². The number of carbonyl (C=O) groups is 1. The van der Waals surface area contributed by atoms with Crippen LogP contribution < -0.4 is 10.5 Å². The summed E-state index contributed by atoms with van der Waals surface area (Å²) in [4.78, 5) is 11.4. The SMILES string of the molecule is CNS(=O)(=O)c1ccccc1-c1cccc(F)c1C(N)=O. The lowest BCUT2D eigenvalue weighted by Gasteiger charge is -2.12. The highest BCUT2D eigenvalue weighted by molar-refractivity contribution is 7.89. The molecule has 0 aliphatic rings. The lowest BCUT2D eigenvalue weighted by molar-refractivity contribution is 0.0997. The van der Waals surface area contributed by atoms with Crippen molar-refractivity contribution < 1.29 is 17.6 Å². The molecule has 0 bridgehead atoms. The number of benzene rings is 2. The molecular weight excluding hydrogens is 295 g/mol. The Morgan fingerprint density at radius 2 is 1.71 bits per heavy atom. The second-order valence-electron chi connectivity index (χ2n) is 4.23. The van der Waals surface area contributed by atoms with Crippen LogP contribution in [0, 0.1) is 5.82 Å². The number of hydrogen-bond acceptors (Lipinski definition) is 3. The summed E-state index contributed by atoms with van der Waals surface area (Å²) < 4.78 is 40.1. The van der Waals surface area contributed by atoms with Crippen molar-refractivity contribution in [2.45, 2.75) is 4.90 Å². The van der Waals surface area contributed by atoms with E-state index in [9.17, 15) is 17.6 Å². The Morgan fingerprint density at radius 3 is 2.33 bits per heavy atom. The number of hydrogen-bond donors (Lipinski definition) is 2. The lowest BCUT2D eigenvalue weighted by atomic mass is 9.99. The Balaban J connectivity index is 2.82. The lowest BCUT2D eigenvalue weighted by Crippen LogP contribution is -2.20. The Morgan fingerprint density at radius 1 is 1.10 bits per heavy atom. The van der Waals surface area contributed by atoms with Crippen molar-refractivity contribution in [2.24, 2.45) is 5.73 Å². The molecule has 0 saturated carbocycles. The maximum atomic E-state index is 13.8. The van der Waals surface area contributed by atoms with Crippen LogP contribution in [-0.2, 0) is 10.0 Å². The third-order valence-corrected chi connectivity index (χ3v) is 4.47. The van der Waals surface area contributed by atoms with Crippen molar-refractivity contribution in [1.29, 1.82) is 0 Å². The van der Waals surface area contributed by atoms with Gasteiger partial charge in [0.05, 0.1) is 10.5 Å². The van der Waals surface area contributed by atoms with E-state index in [4.69, 9.17) is 5.73 Å². The molecule has 0 spiro atoms. The minimum absolute atomic E-state index is 0.0550. The zero-order chi connectivity index (χ0) is 15.6. The minimum atomic E-state index is -3.76. The monoisotopic (exact) mass is 308 g/mol. The van der Waals surface area contributed by atoms with Gasteiger partial charge in [0.2, 0.25) is 10.0 Å². The number of halogens is 1. The Hall–Kier alpha value is -2.25. The second-order valence-corrected chi connectivity index (χ2v) is 6.09. The molecule has 0 atom stereocenters. The quantitative estimate of drug-likeness (QED) is 0.897. The third kappa shape index (κ3) is 2.79. The standard InChI is InChI=1S/C14H13FN2O3S/c1-17-21(19,20)12-8-3-2-5-9(12)10-6-4-7-11(15)13(10)14(16)18/h2-8,17H,1H3,(H2,16,18). The Kier molecular flexibility index (Phi) is 4.06. The van der Waals surface area contributed by atoms with Crippen LogP contribution in [0.15, 0.2) is 47.4 Å². The van der Waals surface area contributed by atoms with E-state index in [2.05, 4.69) is 4.72 Å². The van der Waals surface area contributed by atoms with Gasteiger partial charge in [-0.3, -0.25) is 4.79 Å². The molecule has 0 heterocycles. The van der Waals surface area contributed by atoms with Gasteiger partial charge in [-0.2, -0.15) is 0 Å². The van der Waals surface area contributed by atoms with Crippen LogP contribution in [0.25, 0.3) is 11.1 Å². The third-order valence-electron chi connectivity index (χ3n) is 3.00. The predicted molar refractivity (Wildman–Crippen MR) is 76.6 cm³/mol. The van der Waals surface area contributed by atoms with Crippen molar-refractivity contribution in [1.82, 2.24) is 4.72 Å². The van der Waals surface area contributed by atoms with E-state index in [1.807, 2.05) is 0 Å². The van der Waals surface area contributed by atoms with Crippen LogP contribution in [0.5, 0.6) is 0 Å². The van der Waals surface area contributed by atoms with E-state index < -0.39 is 21.7 Å². The van der Waals surface area contributed by atoms with Crippen LogP contribution >= 0.6 is 0 Å². The van der Waals surface area contributed by atoms with Gasteiger partial charge in [-0.25, -0.2) is 17.5 Å². The molecule has 3 N–H and O–H groups in total. The summed E-state index contributed by atoms with van der Waals surface area (Å²) in [5, 5.41) is 0. The average molecular weight is 308 g/mol. The second kappa shape index (κ2) is 5.63. The fraction of sp³-hybridized carbons (Fsp3) is 0.0714. The molecule has 0 radical (unpaired) electrons. The Labute approximate surface area is 121 Å². The Bertz CT molecular complexity index is 804. The molecule has 2 aromatic rings. The number of amides is 1. The first kappa shape index (κ1) is 15.1. The van der Waals surface area contributed by atoms with Gasteiger partial charge < -0.3 is 5.73 Å². The van der Waals surface area contributed by atoms with E-state index >= 15 is 0 Å². The number of carbonyl (C=O) groups excluding carboxylic acids is 1. The molecule has 21 heavy (non-hydrogen) atoms. The van der Waals surface area contributed by atoms with Gasteiger partial charge in [-0.15, -0.1) is 0 Å². The first-order valence-electron chi connectivity index (χ1n) is 5.99. The number of primary amides is 1. The molecule has 0 unspecified atom stereocenters. The van der Waals surface area contributed by atoms with Gasteiger partial charge in [-0.1, -0.05) is 30.3 Å². The van der Waals surface area contributed by atoms with Gasteiger partial charge in [0.15, 0.2) is 0 Å². The molecule has 110 valence electrons. The van der Waals surface area contributed by atoms with E-state index in [0.29, 0.717) is 0 Å². The average Bonchev–Trinajstić information content (AvgIpc) is 2.46. The zero-order valence-corrected chi connectivity index (χ0v) is 11.9. The molecule has 2 rings (SSSR count). The molecule has 7 heteroatoms. The van der Waals surface area contributed by atoms with Gasteiger partial charge >= 0.3 is 0 Å². The highest BCUT2D eigenvalue weighted by Gasteiger charge is 2.22. The van der Waals surface area contributed by atoms with Crippen LogP contribution in [0.4, 0.5) is 4.39 Å². The summed E-state index contributed by atoms with van der Waals surface area (Å²) in [5.74, 6) is -1.75. The number of rotatable bonds is 4. The van der Waals surface area contributed by atoms with Crippen LogP contribution in [0.2, 0.25) is 0 Å². The molecule has 0 aromatic heterocycles. The van der Waals surface area contributed by atoms with E-state index in [-0.39, 0.29) is 21.6 Å². The molecule has 2 aromatic carbocycles. The van der Waals surface area contributed by atoms with Crippen LogP contribution in [-0.4, -0.2) is 21.4 Å². The van der Waals surface area contributed by atoms with E-state index in [1.54, 1.807) is 6.07 Å². The number of nitrogens with one attached hydrogen (secondary N) is 1. The zero-order valence-electron chi connectivity index (χ0n) is 11.1. The largest absolute Gasteiger partial charge is 0.365 e. The summed E-state index contributed by atoms with van der Waals surface area (Å²) >= 11 is 0. The fourth-order valence-corrected chi connectivity index (χ4v) is 2.98. The van der Waals surface area contributed by atoms with Crippen molar-refractivity contribution in [2.75, 3.05) is 7.05 Å². The predicted octanol–water partition coefficient (Wildman–Crippen LogP) is 1.50. The first-order valence-corrected chi connectivity index (χ1v) is 7.48. The number of sulfonamides is 1. The first-order chi connectivity index (χ1) is 9.88. The molecular formula is C14H13FN2O3S. The highest BCUT2D eigenvalue weighted by atomic mass is 32.2. The smallest absolute Gasteiger partial charge is 0.252 e. The molecule has 0 saturated heterocycles. The molecule has 1 amide bonds. The van der Waals surface area contributed by atoms with Crippen molar-refractivity contribution >= 4 is 15.9 Å². The van der Waals surface area contributed by atoms with Gasteiger partial charge in [0.25, 0.3) is 5.91 Å². The minimum Gasteiger partial charge on any atom is -0.365 e. The molecule has 5 nitrogen and oxygen atoms in total. The maximum Gasteiger partial charge on any atom is 0.252 e. The molecule has 0 aliphatic carbocycles. The highest BCUT2D eigenvalue weighted by Crippen LogP contribution is 2.30. The van der Waals surface area contributed by atoms with Crippen LogP contribution in [0.1, 0.15) is 10.4 Å².